The number of rotatable bonds is 8. The second-order valence-electron chi connectivity index (χ2n) is 5.96. The highest BCUT2D eigenvalue weighted by Gasteiger charge is 2.12. The summed E-state index contributed by atoms with van der Waals surface area (Å²) in [6, 6.07) is 16.3. The summed E-state index contributed by atoms with van der Waals surface area (Å²) in [7, 11) is 0. The molecule has 6 nitrogen and oxygen atoms in total. The van der Waals surface area contributed by atoms with Crippen molar-refractivity contribution >= 4 is 29.4 Å². The van der Waals surface area contributed by atoms with Crippen LogP contribution in [0.3, 0.4) is 0 Å². The molecule has 3 rings (SSSR count). The molecule has 0 radical (unpaired) electrons. The lowest BCUT2D eigenvalue weighted by atomic mass is 10.2. The Morgan fingerprint density at radius 3 is 2.63 bits per heavy atom. The van der Waals surface area contributed by atoms with Gasteiger partial charge in [-0.15, -0.1) is 16.9 Å². The second-order valence-corrected chi connectivity index (χ2v) is 8.07. The number of amides is 1. The molecule has 0 aliphatic rings. The number of para-hydroxylation sites is 1. The van der Waals surface area contributed by atoms with E-state index < -0.39 is 0 Å². The van der Waals surface area contributed by atoms with E-state index in [9.17, 15) is 4.79 Å². The Hall–Kier alpha value is -2.32. The molecule has 0 saturated carbocycles. The maximum Gasteiger partial charge on any atom is 0.230 e. The minimum Gasteiger partial charge on any atom is -0.355 e. The Labute approximate surface area is 167 Å². The van der Waals surface area contributed by atoms with Crippen molar-refractivity contribution in [2.45, 2.75) is 23.9 Å². The van der Waals surface area contributed by atoms with E-state index in [4.69, 9.17) is 0 Å². The number of aromatic nitrogens is 4. The van der Waals surface area contributed by atoms with Crippen LogP contribution in [0.25, 0.3) is 5.69 Å². The minimum atomic E-state index is -0.0242. The van der Waals surface area contributed by atoms with Gasteiger partial charge in [0.05, 0.1) is 11.4 Å². The second kappa shape index (κ2) is 9.57. The van der Waals surface area contributed by atoms with Crippen LogP contribution in [-0.2, 0) is 4.79 Å². The van der Waals surface area contributed by atoms with Gasteiger partial charge >= 0.3 is 0 Å². The van der Waals surface area contributed by atoms with E-state index in [0.717, 1.165) is 17.0 Å². The SMILES string of the molecule is Cc1ccc(SCCNC(=O)CSc2nnnn2-c2ccccc2C)cc1. The van der Waals surface area contributed by atoms with E-state index in [0.29, 0.717) is 11.7 Å². The number of hydrogen-bond acceptors (Lipinski definition) is 6. The molecule has 0 aliphatic carbocycles. The summed E-state index contributed by atoms with van der Waals surface area (Å²) in [6.45, 7) is 4.70. The van der Waals surface area contributed by atoms with Gasteiger partial charge in [0.25, 0.3) is 0 Å². The van der Waals surface area contributed by atoms with Crippen molar-refractivity contribution in [3.63, 3.8) is 0 Å². The van der Waals surface area contributed by atoms with Crippen LogP contribution < -0.4 is 5.32 Å². The smallest absolute Gasteiger partial charge is 0.230 e. The number of carbonyl (C=O) groups excluding carboxylic acids is 1. The van der Waals surface area contributed by atoms with Crippen LogP contribution >= 0.6 is 23.5 Å². The van der Waals surface area contributed by atoms with Crippen LogP contribution in [0.15, 0.2) is 58.6 Å². The van der Waals surface area contributed by atoms with Crippen molar-refractivity contribution in [3.8, 4) is 5.69 Å². The lowest BCUT2D eigenvalue weighted by Gasteiger charge is -2.07. The molecular formula is C19H21N5OS2. The highest BCUT2D eigenvalue weighted by atomic mass is 32.2. The summed E-state index contributed by atoms with van der Waals surface area (Å²) in [5, 5.41) is 15.4. The largest absolute Gasteiger partial charge is 0.355 e. The summed E-state index contributed by atoms with van der Waals surface area (Å²) in [5.41, 5.74) is 3.24. The Balaban J connectivity index is 1.44. The summed E-state index contributed by atoms with van der Waals surface area (Å²) < 4.78 is 1.67. The van der Waals surface area contributed by atoms with Gasteiger partial charge in [0.2, 0.25) is 11.1 Å². The molecule has 1 amide bonds. The summed E-state index contributed by atoms with van der Waals surface area (Å²) in [4.78, 5) is 13.3. The zero-order chi connectivity index (χ0) is 19.1. The molecule has 140 valence electrons. The summed E-state index contributed by atoms with van der Waals surface area (Å²) >= 11 is 3.06. The number of aryl methyl sites for hydroxylation is 2. The number of carbonyl (C=O) groups is 1. The maximum absolute atomic E-state index is 12.1. The topological polar surface area (TPSA) is 72.7 Å². The highest BCUT2D eigenvalue weighted by Crippen LogP contribution is 2.20. The van der Waals surface area contributed by atoms with E-state index in [-0.39, 0.29) is 11.7 Å². The molecule has 3 aromatic rings. The molecular weight excluding hydrogens is 378 g/mol. The third-order valence-electron chi connectivity index (χ3n) is 3.83. The first-order chi connectivity index (χ1) is 13.1. The van der Waals surface area contributed by atoms with E-state index in [1.54, 1.807) is 16.4 Å². The maximum atomic E-state index is 12.1. The number of nitrogens with one attached hydrogen (secondary N) is 1. The molecule has 1 N–H and O–H groups in total. The predicted molar refractivity (Wildman–Crippen MR) is 110 cm³/mol. The molecule has 0 bridgehead atoms. The highest BCUT2D eigenvalue weighted by molar-refractivity contribution is 7.99. The van der Waals surface area contributed by atoms with E-state index >= 15 is 0 Å². The quantitative estimate of drug-likeness (QED) is 0.463. The molecule has 0 saturated heterocycles. The van der Waals surface area contributed by atoms with Gasteiger partial charge in [-0.05, 0) is 48.0 Å². The normalized spacial score (nSPS) is 10.7. The molecule has 27 heavy (non-hydrogen) atoms. The average Bonchev–Trinajstić information content (AvgIpc) is 3.14. The zero-order valence-corrected chi connectivity index (χ0v) is 16.9. The first kappa shape index (κ1) is 19.4. The van der Waals surface area contributed by atoms with Gasteiger partial charge in [0, 0.05) is 17.2 Å². The standard InChI is InChI=1S/C19H21N5OS2/c1-14-7-9-16(10-8-14)26-12-11-20-18(25)13-27-19-21-22-23-24(19)17-6-4-3-5-15(17)2/h3-10H,11-13H2,1-2H3,(H,20,25). The number of hydrogen-bond donors (Lipinski definition) is 1. The van der Waals surface area contributed by atoms with Crippen LogP contribution in [-0.4, -0.2) is 44.2 Å². The first-order valence-corrected chi connectivity index (χ1v) is 10.5. The van der Waals surface area contributed by atoms with E-state index in [1.165, 1.54) is 22.2 Å². The Bertz CT molecular complexity index is 895. The summed E-state index contributed by atoms with van der Waals surface area (Å²) in [5.74, 6) is 1.09. The zero-order valence-electron chi connectivity index (χ0n) is 15.3. The molecule has 1 heterocycles. The molecule has 8 heteroatoms. The van der Waals surface area contributed by atoms with Gasteiger partial charge in [-0.2, -0.15) is 4.68 Å². The van der Waals surface area contributed by atoms with Crippen molar-refractivity contribution in [2.75, 3.05) is 18.1 Å². The van der Waals surface area contributed by atoms with Crippen molar-refractivity contribution in [3.05, 3.63) is 59.7 Å². The molecule has 0 unspecified atom stereocenters. The minimum absolute atomic E-state index is 0.0242. The Morgan fingerprint density at radius 2 is 1.85 bits per heavy atom. The van der Waals surface area contributed by atoms with Gasteiger partial charge in [-0.1, -0.05) is 47.7 Å². The monoisotopic (exact) mass is 399 g/mol. The third-order valence-corrected chi connectivity index (χ3v) is 5.76. The lowest BCUT2D eigenvalue weighted by Crippen LogP contribution is -2.27. The predicted octanol–water partition coefficient (Wildman–Crippen LogP) is 3.28. The summed E-state index contributed by atoms with van der Waals surface area (Å²) in [6.07, 6.45) is 0. The molecule has 0 aliphatic heterocycles. The van der Waals surface area contributed by atoms with Crippen LogP contribution in [0, 0.1) is 13.8 Å². The van der Waals surface area contributed by atoms with Gasteiger partial charge < -0.3 is 5.32 Å². The Kier molecular flexibility index (Phi) is 6.89. The van der Waals surface area contributed by atoms with Crippen molar-refractivity contribution in [2.24, 2.45) is 0 Å². The van der Waals surface area contributed by atoms with Crippen LogP contribution in [0.2, 0.25) is 0 Å². The fourth-order valence-electron chi connectivity index (χ4n) is 2.40. The third kappa shape index (κ3) is 5.58. The average molecular weight is 400 g/mol. The van der Waals surface area contributed by atoms with E-state index in [2.05, 4.69) is 52.0 Å². The fraction of sp³-hybridized carbons (Fsp3) is 0.263. The molecule has 0 fully saturated rings. The fourth-order valence-corrected chi connectivity index (χ4v) is 3.88. The van der Waals surface area contributed by atoms with Gasteiger partial charge in [-0.3, -0.25) is 4.79 Å². The molecule has 0 atom stereocenters. The van der Waals surface area contributed by atoms with Crippen molar-refractivity contribution in [1.82, 2.24) is 25.5 Å². The molecule has 1 aromatic heterocycles. The van der Waals surface area contributed by atoms with Gasteiger partial charge in [0.15, 0.2) is 0 Å². The molecule has 2 aromatic carbocycles. The number of nitrogens with zero attached hydrogens (tertiary/aromatic N) is 4. The van der Waals surface area contributed by atoms with Crippen molar-refractivity contribution in [1.29, 1.82) is 0 Å². The van der Waals surface area contributed by atoms with Crippen LogP contribution in [0.4, 0.5) is 0 Å². The van der Waals surface area contributed by atoms with E-state index in [1.807, 2.05) is 31.2 Å². The van der Waals surface area contributed by atoms with Crippen LogP contribution in [0.5, 0.6) is 0 Å². The first-order valence-electron chi connectivity index (χ1n) is 8.57. The number of tetrazole rings is 1. The number of benzene rings is 2. The van der Waals surface area contributed by atoms with Gasteiger partial charge in [0.1, 0.15) is 0 Å². The van der Waals surface area contributed by atoms with Gasteiger partial charge in [-0.25, -0.2) is 0 Å². The van der Waals surface area contributed by atoms with Crippen LogP contribution in [0.1, 0.15) is 11.1 Å². The van der Waals surface area contributed by atoms with Crippen molar-refractivity contribution < 1.29 is 4.79 Å². The lowest BCUT2D eigenvalue weighted by molar-refractivity contribution is -0.118. The Morgan fingerprint density at radius 1 is 1.07 bits per heavy atom. The number of thioether (sulfide) groups is 2. The molecule has 0 spiro atoms.